The van der Waals surface area contributed by atoms with Crippen LogP contribution in [0.25, 0.3) is 0 Å². The molecular weight excluding hydrogens is 529 g/mol. The molecule has 39 heavy (non-hydrogen) atoms. The van der Waals surface area contributed by atoms with Crippen LogP contribution in [0.15, 0.2) is 72.8 Å². The Labute approximate surface area is 230 Å². The topological polar surface area (TPSA) is 68.6 Å². The second-order valence-electron chi connectivity index (χ2n) is 9.30. The standard InChI is InChI=1S/C29H28ClF3N4O2/c30-25-9-5-23(6-10-25)27(39-20-22-1-7-24(8-2-22)29(31,32)33)19-36-15-17-37(18-16-36)28(38)35-26-11-3-21(4-12-26)13-14-34/h1-12,27H,13,15-20H2,(H,35,38)/t27-/m0/s1. The summed E-state index contributed by atoms with van der Waals surface area (Å²) < 4.78 is 44.9. The van der Waals surface area contributed by atoms with Crippen molar-refractivity contribution in [3.63, 3.8) is 0 Å². The molecule has 1 N–H and O–H groups in total. The average molecular weight is 557 g/mol. The van der Waals surface area contributed by atoms with Gasteiger partial charge in [0.15, 0.2) is 0 Å². The summed E-state index contributed by atoms with van der Waals surface area (Å²) in [4.78, 5) is 16.7. The van der Waals surface area contributed by atoms with Gasteiger partial charge in [-0.3, -0.25) is 4.90 Å². The number of ether oxygens (including phenoxy) is 1. The van der Waals surface area contributed by atoms with Crippen molar-refractivity contribution in [2.75, 3.05) is 38.0 Å². The van der Waals surface area contributed by atoms with E-state index in [-0.39, 0.29) is 18.7 Å². The molecule has 6 nitrogen and oxygen atoms in total. The smallest absolute Gasteiger partial charge is 0.368 e. The molecular formula is C29H28ClF3N4O2. The summed E-state index contributed by atoms with van der Waals surface area (Å²) >= 11 is 6.06. The zero-order valence-electron chi connectivity index (χ0n) is 21.1. The minimum absolute atomic E-state index is 0.154. The Morgan fingerprint density at radius 1 is 0.949 bits per heavy atom. The molecule has 1 aliphatic heterocycles. The number of nitriles is 1. The van der Waals surface area contributed by atoms with E-state index < -0.39 is 11.7 Å². The van der Waals surface area contributed by atoms with Crippen LogP contribution in [0.1, 0.15) is 28.4 Å². The lowest BCUT2D eigenvalue weighted by Crippen LogP contribution is -2.50. The van der Waals surface area contributed by atoms with E-state index in [2.05, 4.69) is 16.3 Å². The van der Waals surface area contributed by atoms with E-state index in [9.17, 15) is 18.0 Å². The second-order valence-corrected chi connectivity index (χ2v) is 9.73. The van der Waals surface area contributed by atoms with Crippen molar-refractivity contribution >= 4 is 23.3 Å². The number of anilines is 1. The third-order valence-corrected chi connectivity index (χ3v) is 6.80. The number of carbonyl (C=O) groups is 1. The van der Waals surface area contributed by atoms with Crippen molar-refractivity contribution in [3.8, 4) is 6.07 Å². The zero-order valence-corrected chi connectivity index (χ0v) is 21.9. The number of carbonyl (C=O) groups excluding carboxylic acids is 1. The fraction of sp³-hybridized carbons (Fsp3) is 0.310. The molecule has 0 radical (unpaired) electrons. The highest BCUT2D eigenvalue weighted by molar-refractivity contribution is 6.30. The number of nitrogens with one attached hydrogen (secondary N) is 1. The van der Waals surface area contributed by atoms with E-state index in [1.165, 1.54) is 12.1 Å². The Morgan fingerprint density at radius 3 is 2.15 bits per heavy atom. The maximum absolute atomic E-state index is 12.9. The molecule has 204 valence electrons. The maximum Gasteiger partial charge on any atom is 0.416 e. The molecule has 3 aromatic carbocycles. The van der Waals surface area contributed by atoms with E-state index in [0.29, 0.717) is 55.4 Å². The predicted octanol–water partition coefficient (Wildman–Crippen LogP) is 6.53. The number of urea groups is 1. The third-order valence-electron chi connectivity index (χ3n) is 6.55. The van der Waals surface area contributed by atoms with Crippen LogP contribution in [0.3, 0.4) is 0 Å². The van der Waals surface area contributed by atoms with Crippen molar-refractivity contribution in [1.82, 2.24) is 9.80 Å². The van der Waals surface area contributed by atoms with Gasteiger partial charge in [-0.05, 0) is 53.1 Å². The number of nitrogens with zero attached hydrogens (tertiary/aromatic N) is 3. The van der Waals surface area contributed by atoms with Crippen LogP contribution in [0.2, 0.25) is 5.02 Å². The quantitative estimate of drug-likeness (QED) is 0.342. The molecule has 1 aliphatic rings. The Balaban J connectivity index is 1.33. The van der Waals surface area contributed by atoms with Crippen LogP contribution in [-0.4, -0.2) is 48.6 Å². The Kier molecular flexibility index (Phi) is 9.46. The summed E-state index contributed by atoms with van der Waals surface area (Å²) in [6, 6.07) is 21.4. The summed E-state index contributed by atoms with van der Waals surface area (Å²) in [6.45, 7) is 3.05. The number of halogens is 4. The Morgan fingerprint density at radius 2 is 1.56 bits per heavy atom. The van der Waals surface area contributed by atoms with Gasteiger partial charge in [-0.2, -0.15) is 18.4 Å². The highest BCUT2D eigenvalue weighted by Crippen LogP contribution is 2.30. The lowest BCUT2D eigenvalue weighted by Gasteiger charge is -2.36. The predicted molar refractivity (Wildman–Crippen MR) is 143 cm³/mol. The molecule has 0 unspecified atom stereocenters. The first-order valence-corrected chi connectivity index (χ1v) is 12.9. The first-order chi connectivity index (χ1) is 18.7. The van der Waals surface area contributed by atoms with Gasteiger partial charge in [0, 0.05) is 43.4 Å². The van der Waals surface area contributed by atoms with E-state index in [0.717, 1.165) is 23.3 Å². The number of benzene rings is 3. The van der Waals surface area contributed by atoms with Crippen LogP contribution >= 0.6 is 11.6 Å². The molecule has 4 rings (SSSR count). The lowest BCUT2D eigenvalue weighted by atomic mass is 10.1. The summed E-state index contributed by atoms with van der Waals surface area (Å²) in [5.74, 6) is 0. The number of piperazine rings is 1. The molecule has 0 saturated carbocycles. The molecule has 0 aliphatic carbocycles. The average Bonchev–Trinajstić information content (AvgIpc) is 2.93. The fourth-order valence-electron chi connectivity index (χ4n) is 4.29. The van der Waals surface area contributed by atoms with Gasteiger partial charge in [0.2, 0.25) is 0 Å². The van der Waals surface area contributed by atoms with Crippen LogP contribution in [0.4, 0.5) is 23.7 Å². The molecule has 1 atom stereocenters. The summed E-state index contributed by atoms with van der Waals surface area (Å²) in [7, 11) is 0. The van der Waals surface area contributed by atoms with Gasteiger partial charge in [0.1, 0.15) is 0 Å². The molecule has 3 aromatic rings. The SMILES string of the molecule is N#CCc1ccc(NC(=O)N2CCN(C[C@H](OCc3ccc(C(F)(F)F)cc3)c3ccc(Cl)cc3)CC2)cc1. The monoisotopic (exact) mass is 556 g/mol. The third kappa shape index (κ3) is 8.20. The molecule has 1 fully saturated rings. The number of hydrogen-bond donors (Lipinski definition) is 1. The van der Waals surface area contributed by atoms with Crippen molar-refractivity contribution in [2.24, 2.45) is 0 Å². The number of amides is 2. The molecule has 0 aromatic heterocycles. The van der Waals surface area contributed by atoms with Crippen molar-refractivity contribution in [1.29, 1.82) is 5.26 Å². The minimum Gasteiger partial charge on any atom is -0.368 e. The zero-order chi connectivity index (χ0) is 27.8. The van der Waals surface area contributed by atoms with E-state index >= 15 is 0 Å². The number of hydrogen-bond acceptors (Lipinski definition) is 4. The molecule has 0 spiro atoms. The van der Waals surface area contributed by atoms with Crippen molar-refractivity contribution < 1.29 is 22.7 Å². The molecule has 1 saturated heterocycles. The molecule has 1 heterocycles. The van der Waals surface area contributed by atoms with Gasteiger partial charge in [0.05, 0.1) is 30.8 Å². The van der Waals surface area contributed by atoms with E-state index in [1.807, 2.05) is 24.3 Å². The maximum atomic E-state index is 12.9. The van der Waals surface area contributed by atoms with Crippen molar-refractivity contribution in [3.05, 3.63) is 100 Å². The number of rotatable bonds is 8. The van der Waals surface area contributed by atoms with Crippen LogP contribution in [-0.2, 0) is 23.9 Å². The van der Waals surface area contributed by atoms with Gasteiger partial charge < -0.3 is 15.0 Å². The van der Waals surface area contributed by atoms with Gasteiger partial charge in [-0.15, -0.1) is 0 Å². The first kappa shape index (κ1) is 28.4. The van der Waals surface area contributed by atoms with Crippen molar-refractivity contribution in [2.45, 2.75) is 25.3 Å². The lowest BCUT2D eigenvalue weighted by molar-refractivity contribution is -0.137. The van der Waals surface area contributed by atoms with Gasteiger partial charge in [0.25, 0.3) is 0 Å². The highest BCUT2D eigenvalue weighted by Gasteiger charge is 2.30. The highest BCUT2D eigenvalue weighted by atomic mass is 35.5. The molecule has 0 bridgehead atoms. The van der Waals surface area contributed by atoms with Crippen LogP contribution in [0.5, 0.6) is 0 Å². The minimum atomic E-state index is -4.38. The summed E-state index contributed by atoms with van der Waals surface area (Å²) in [5, 5.41) is 12.3. The van der Waals surface area contributed by atoms with E-state index in [4.69, 9.17) is 21.6 Å². The van der Waals surface area contributed by atoms with E-state index in [1.54, 1.807) is 29.2 Å². The molecule has 2 amide bonds. The van der Waals surface area contributed by atoms with Gasteiger partial charge in [-0.1, -0.05) is 48.0 Å². The Bertz CT molecular complexity index is 1270. The van der Waals surface area contributed by atoms with Crippen LogP contribution < -0.4 is 5.32 Å². The Hall–Kier alpha value is -3.58. The normalized spacial score (nSPS) is 15.0. The first-order valence-electron chi connectivity index (χ1n) is 12.5. The second kappa shape index (κ2) is 13.0. The fourth-order valence-corrected chi connectivity index (χ4v) is 4.41. The summed E-state index contributed by atoms with van der Waals surface area (Å²) in [5.41, 5.74) is 2.41. The molecule has 10 heteroatoms. The van der Waals surface area contributed by atoms with Gasteiger partial charge >= 0.3 is 12.2 Å². The number of alkyl halides is 3. The summed E-state index contributed by atoms with van der Waals surface area (Å²) in [6.07, 6.45) is -4.40. The van der Waals surface area contributed by atoms with Crippen LogP contribution in [0, 0.1) is 11.3 Å². The van der Waals surface area contributed by atoms with Gasteiger partial charge in [-0.25, -0.2) is 4.79 Å². The largest absolute Gasteiger partial charge is 0.416 e.